The number of hydrogen-bond donors (Lipinski definition) is 2. The fourth-order valence-electron chi connectivity index (χ4n) is 2.71. The average molecular weight is 364 g/mol. The molecule has 1 fully saturated rings. The number of sulfonamides is 1. The predicted molar refractivity (Wildman–Crippen MR) is 90.6 cm³/mol. The van der Waals surface area contributed by atoms with Crippen LogP contribution < -0.4 is 10.0 Å². The van der Waals surface area contributed by atoms with Crippen molar-refractivity contribution in [2.45, 2.75) is 38.1 Å². The Morgan fingerprint density at radius 1 is 1.35 bits per heavy atom. The van der Waals surface area contributed by atoms with Crippen LogP contribution in [0.5, 0.6) is 0 Å². The second-order valence-electron chi connectivity index (χ2n) is 5.81. The Hall–Kier alpha value is -1.22. The van der Waals surface area contributed by atoms with Gasteiger partial charge in [0.05, 0.1) is 4.92 Å². The van der Waals surface area contributed by atoms with Crippen molar-refractivity contribution in [2.75, 3.05) is 13.1 Å². The highest BCUT2D eigenvalue weighted by molar-refractivity contribution is 7.89. The van der Waals surface area contributed by atoms with Gasteiger partial charge < -0.3 is 5.32 Å². The van der Waals surface area contributed by atoms with Crippen LogP contribution in [0.3, 0.4) is 0 Å². The Labute approximate surface area is 142 Å². The van der Waals surface area contributed by atoms with Crippen molar-refractivity contribution in [2.24, 2.45) is 5.92 Å². The lowest BCUT2D eigenvalue weighted by molar-refractivity contribution is -0.387. The van der Waals surface area contributed by atoms with E-state index in [0.717, 1.165) is 13.1 Å². The first-order valence-electron chi connectivity index (χ1n) is 7.21. The van der Waals surface area contributed by atoms with Crippen LogP contribution in [0.4, 0.5) is 5.69 Å². The number of benzene rings is 1. The zero-order valence-electron chi connectivity index (χ0n) is 13.3. The average Bonchev–Trinajstić information content (AvgIpc) is 2.43. The lowest BCUT2D eigenvalue weighted by Crippen LogP contribution is -2.48. The molecule has 0 aliphatic carbocycles. The van der Waals surface area contributed by atoms with E-state index in [1.165, 1.54) is 6.07 Å². The Kier molecular flexibility index (Phi) is 6.52. The predicted octanol–water partition coefficient (Wildman–Crippen LogP) is 1.91. The molecule has 0 bridgehead atoms. The summed E-state index contributed by atoms with van der Waals surface area (Å²) in [5, 5.41) is 14.4. The highest BCUT2D eigenvalue weighted by atomic mass is 35.5. The van der Waals surface area contributed by atoms with Crippen LogP contribution in [0, 0.1) is 29.9 Å². The molecule has 1 aromatic carbocycles. The number of nitrogens with one attached hydrogen (secondary N) is 2. The lowest BCUT2D eigenvalue weighted by atomic mass is 9.97. The molecule has 2 rings (SSSR count). The molecule has 1 aromatic rings. The Balaban J connectivity index is 0.00000264. The minimum Gasteiger partial charge on any atom is -0.316 e. The molecule has 0 saturated carbocycles. The molecule has 9 heteroatoms. The Bertz CT molecular complexity index is 694. The molecule has 130 valence electrons. The minimum atomic E-state index is -3.94. The molecule has 0 spiro atoms. The van der Waals surface area contributed by atoms with Crippen LogP contribution in [0.2, 0.25) is 0 Å². The fourth-order valence-corrected chi connectivity index (χ4v) is 4.55. The van der Waals surface area contributed by atoms with Gasteiger partial charge in [-0.2, -0.15) is 0 Å². The van der Waals surface area contributed by atoms with Gasteiger partial charge in [-0.05, 0) is 50.4 Å². The summed E-state index contributed by atoms with van der Waals surface area (Å²) < 4.78 is 28.1. The molecule has 2 N–H and O–H groups in total. The number of nitro groups is 1. The monoisotopic (exact) mass is 363 g/mol. The van der Waals surface area contributed by atoms with Gasteiger partial charge in [0.25, 0.3) is 5.69 Å². The van der Waals surface area contributed by atoms with Crippen molar-refractivity contribution in [3.8, 4) is 0 Å². The number of aryl methyl sites for hydroxylation is 1. The number of piperidine rings is 1. The summed E-state index contributed by atoms with van der Waals surface area (Å²) in [6.07, 6.45) is 0.666. The van der Waals surface area contributed by atoms with Crippen LogP contribution in [0.1, 0.15) is 24.5 Å². The smallest absolute Gasteiger partial charge is 0.289 e. The van der Waals surface area contributed by atoms with E-state index < -0.39 is 14.9 Å². The third-order valence-electron chi connectivity index (χ3n) is 4.21. The van der Waals surface area contributed by atoms with Crippen molar-refractivity contribution in [3.63, 3.8) is 0 Å². The molecule has 1 heterocycles. The largest absolute Gasteiger partial charge is 0.316 e. The quantitative estimate of drug-likeness (QED) is 0.628. The maximum absolute atomic E-state index is 12.7. The Morgan fingerprint density at radius 3 is 2.57 bits per heavy atom. The summed E-state index contributed by atoms with van der Waals surface area (Å²) in [4.78, 5) is 10.3. The number of halogens is 1. The maximum atomic E-state index is 12.7. The molecule has 2 atom stereocenters. The second-order valence-corrected chi connectivity index (χ2v) is 7.46. The lowest BCUT2D eigenvalue weighted by Gasteiger charge is -2.30. The van der Waals surface area contributed by atoms with Gasteiger partial charge in [0, 0.05) is 12.1 Å². The summed E-state index contributed by atoms with van der Waals surface area (Å²) in [5.41, 5.74) is 0.754. The minimum absolute atomic E-state index is 0. The molecule has 0 amide bonds. The molecule has 0 aromatic heterocycles. The van der Waals surface area contributed by atoms with E-state index >= 15 is 0 Å². The summed E-state index contributed by atoms with van der Waals surface area (Å²) in [5.74, 6) is 0.132. The van der Waals surface area contributed by atoms with Crippen molar-refractivity contribution in [1.82, 2.24) is 10.0 Å². The van der Waals surface area contributed by atoms with Gasteiger partial charge in [-0.15, -0.1) is 12.4 Å². The van der Waals surface area contributed by atoms with Crippen molar-refractivity contribution in [3.05, 3.63) is 33.4 Å². The van der Waals surface area contributed by atoms with Gasteiger partial charge in [0.15, 0.2) is 4.90 Å². The first-order valence-corrected chi connectivity index (χ1v) is 8.70. The number of nitrogens with zero attached hydrogens (tertiary/aromatic N) is 1. The van der Waals surface area contributed by atoms with E-state index in [2.05, 4.69) is 10.0 Å². The summed E-state index contributed by atoms with van der Waals surface area (Å²) in [6.45, 7) is 6.75. The molecule has 1 aliphatic rings. The number of nitro benzene ring substituents is 1. The molecule has 7 nitrogen and oxygen atoms in total. The Morgan fingerprint density at radius 2 is 2.00 bits per heavy atom. The summed E-state index contributed by atoms with van der Waals surface area (Å²) >= 11 is 0. The van der Waals surface area contributed by atoms with E-state index in [4.69, 9.17) is 0 Å². The topological polar surface area (TPSA) is 101 Å². The normalized spacial score (nSPS) is 21.5. The zero-order chi connectivity index (χ0) is 16.5. The van der Waals surface area contributed by atoms with Crippen LogP contribution in [0.25, 0.3) is 0 Å². The fraction of sp³-hybridized carbons (Fsp3) is 0.571. The summed E-state index contributed by atoms with van der Waals surface area (Å²) in [6, 6.07) is 2.60. The molecular formula is C14H22ClN3O4S. The van der Waals surface area contributed by atoms with Crippen LogP contribution >= 0.6 is 12.4 Å². The first kappa shape index (κ1) is 19.8. The third kappa shape index (κ3) is 4.20. The zero-order valence-corrected chi connectivity index (χ0v) is 15.0. The first-order chi connectivity index (χ1) is 10.2. The van der Waals surface area contributed by atoms with Crippen LogP contribution in [0.15, 0.2) is 17.0 Å². The van der Waals surface area contributed by atoms with E-state index in [0.29, 0.717) is 17.5 Å². The van der Waals surface area contributed by atoms with Crippen LogP contribution in [-0.4, -0.2) is 32.5 Å². The second kappa shape index (κ2) is 7.57. The van der Waals surface area contributed by atoms with E-state index in [9.17, 15) is 18.5 Å². The van der Waals surface area contributed by atoms with Gasteiger partial charge in [-0.3, -0.25) is 10.1 Å². The van der Waals surface area contributed by atoms with Crippen LogP contribution in [-0.2, 0) is 10.0 Å². The van der Waals surface area contributed by atoms with E-state index in [-0.39, 0.29) is 34.9 Å². The van der Waals surface area contributed by atoms with Gasteiger partial charge in [0.2, 0.25) is 10.0 Å². The van der Waals surface area contributed by atoms with E-state index in [1.807, 2.05) is 6.92 Å². The van der Waals surface area contributed by atoms with Gasteiger partial charge >= 0.3 is 0 Å². The molecular weight excluding hydrogens is 342 g/mol. The summed E-state index contributed by atoms with van der Waals surface area (Å²) in [7, 11) is -3.94. The van der Waals surface area contributed by atoms with Gasteiger partial charge in [-0.1, -0.05) is 13.0 Å². The highest BCUT2D eigenvalue weighted by Gasteiger charge is 2.33. The van der Waals surface area contributed by atoms with Crippen molar-refractivity contribution < 1.29 is 13.3 Å². The third-order valence-corrected chi connectivity index (χ3v) is 5.88. The molecule has 0 radical (unpaired) electrons. The van der Waals surface area contributed by atoms with Crippen molar-refractivity contribution in [1.29, 1.82) is 0 Å². The van der Waals surface area contributed by atoms with Crippen molar-refractivity contribution >= 4 is 28.1 Å². The van der Waals surface area contributed by atoms with Gasteiger partial charge in [0.1, 0.15) is 0 Å². The number of hydrogen-bond acceptors (Lipinski definition) is 5. The van der Waals surface area contributed by atoms with Gasteiger partial charge in [-0.25, -0.2) is 13.1 Å². The standard InChI is InChI=1S/C14H21N3O4S.ClH/c1-9-4-5-13(17(18)19)14(11(9)3)22(20,21)16-12-6-7-15-8-10(12)2;/h4-5,10,12,15-16H,6-8H2,1-3H3;1H. The number of rotatable bonds is 4. The molecule has 2 unspecified atom stereocenters. The molecule has 1 saturated heterocycles. The molecule has 1 aliphatic heterocycles. The maximum Gasteiger partial charge on any atom is 0.289 e. The highest BCUT2D eigenvalue weighted by Crippen LogP contribution is 2.30. The molecule has 23 heavy (non-hydrogen) atoms. The SMILES string of the molecule is Cc1ccc([N+](=O)[O-])c(S(=O)(=O)NC2CCNCC2C)c1C.Cl. The van der Waals surface area contributed by atoms with E-state index in [1.54, 1.807) is 19.9 Å².